The molecule has 0 spiro atoms. The Balaban J connectivity index is 1.97. The molecule has 0 aromatic heterocycles. The van der Waals surface area contributed by atoms with Gasteiger partial charge in [-0.15, -0.1) is 0 Å². The molecule has 1 heterocycles. The zero-order valence-electron chi connectivity index (χ0n) is 11.2. The molecule has 1 nitrogen and oxygen atoms in total. The minimum absolute atomic E-state index is 0.247. The van der Waals surface area contributed by atoms with E-state index in [2.05, 4.69) is 66.2 Å². The molecule has 0 fully saturated rings. The first-order valence-electron chi connectivity index (χ1n) is 6.61. The van der Waals surface area contributed by atoms with Crippen molar-refractivity contribution in [1.82, 2.24) is 0 Å². The molecule has 1 atom stereocenters. The highest BCUT2D eigenvalue weighted by molar-refractivity contribution is 9.09. The summed E-state index contributed by atoms with van der Waals surface area (Å²) in [5, 5.41) is 0. The van der Waals surface area contributed by atoms with E-state index in [9.17, 15) is 0 Å². The number of benzene rings is 2. The summed E-state index contributed by atoms with van der Waals surface area (Å²) in [6, 6.07) is 13.2. The van der Waals surface area contributed by atoms with E-state index in [4.69, 9.17) is 4.74 Å². The van der Waals surface area contributed by atoms with Gasteiger partial charge in [-0.2, -0.15) is 0 Å². The molecule has 1 aliphatic heterocycles. The lowest BCUT2D eigenvalue weighted by atomic mass is 9.99. The van der Waals surface area contributed by atoms with Gasteiger partial charge in [0.05, 0.1) is 11.4 Å². The molecular weight excluding hydrogens is 300 g/mol. The van der Waals surface area contributed by atoms with E-state index in [-0.39, 0.29) is 4.83 Å². The molecule has 0 N–H and O–H groups in total. The van der Waals surface area contributed by atoms with Crippen molar-refractivity contribution in [2.45, 2.75) is 25.1 Å². The highest BCUT2D eigenvalue weighted by atomic mass is 79.9. The summed E-state index contributed by atoms with van der Waals surface area (Å²) in [6.07, 6.45) is 1.02. The van der Waals surface area contributed by atoms with Crippen LogP contribution < -0.4 is 4.74 Å². The van der Waals surface area contributed by atoms with Crippen LogP contribution in [0.25, 0.3) is 0 Å². The van der Waals surface area contributed by atoms with Crippen LogP contribution in [0, 0.1) is 13.8 Å². The molecule has 0 bridgehead atoms. The van der Waals surface area contributed by atoms with Crippen molar-refractivity contribution in [3.63, 3.8) is 0 Å². The number of hydrogen-bond donors (Lipinski definition) is 0. The van der Waals surface area contributed by atoms with Gasteiger partial charge in [-0.1, -0.05) is 57.4 Å². The Morgan fingerprint density at radius 3 is 2.47 bits per heavy atom. The Hall–Kier alpha value is -1.28. The van der Waals surface area contributed by atoms with E-state index in [0.29, 0.717) is 0 Å². The molecule has 2 aromatic carbocycles. The molecule has 19 heavy (non-hydrogen) atoms. The van der Waals surface area contributed by atoms with E-state index < -0.39 is 0 Å². The van der Waals surface area contributed by atoms with Crippen molar-refractivity contribution in [2.24, 2.45) is 0 Å². The average Bonchev–Trinajstić information content (AvgIpc) is 2.83. The van der Waals surface area contributed by atoms with Gasteiger partial charge in [-0.05, 0) is 36.6 Å². The summed E-state index contributed by atoms with van der Waals surface area (Å²) in [5.41, 5.74) is 6.56. The molecule has 0 saturated carbocycles. The second-order valence-electron chi connectivity index (χ2n) is 5.25. The molecule has 0 amide bonds. The molecule has 1 unspecified atom stereocenters. The lowest BCUT2D eigenvalue weighted by Crippen LogP contribution is -1.95. The minimum Gasteiger partial charge on any atom is -0.493 e. The molecular formula is C17H17BrO. The van der Waals surface area contributed by atoms with E-state index in [1.54, 1.807) is 0 Å². The quantitative estimate of drug-likeness (QED) is 0.728. The summed E-state index contributed by atoms with van der Waals surface area (Å²) >= 11 is 3.83. The van der Waals surface area contributed by atoms with E-state index in [0.717, 1.165) is 18.8 Å². The Morgan fingerprint density at radius 2 is 1.74 bits per heavy atom. The van der Waals surface area contributed by atoms with Gasteiger partial charge in [-0.25, -0.2) is 0 Å². The fourth-order valence-corrected chi connectivity index (χ4v) is 3.26. The monoisotopic (exact) mass is 316 g/mol. The summed E-state index contributed by atoms with van der Waals surface area (Å²) in [6.45, 7) is 5.11. The number of hydrogen-bond acceptors (Lipinski definition) is 1. The standard InChI is InChI=1S/C17H17BrO/c1-11-7-12(2)9-15(8-11)17(18)14-3-4-16-13(10-14)5-6-19-16/h3-4,7-10,17H,5-6H2,1-2H3. The van der Waals surface area contributed by atoms with Crippen LogP contribution in [-0.4, -0.2) is 6.61 Å². The van der Waals surface area contributed by atoms with Crippen molar-refractivity contribution >= 4 is 15.9 Å². The summed E-state index contributed by atoms with van der Waals surface area (Å²) in [5.74, 6) is 1.05. The molecule has 2 heteroatoms. The number of fused-ring (bicyclic) bond motifs is 1. The first-order chi connectivity index (χ1) is 9.13. The van der Waals surface area contributed by atoms with E-state index in [1.807, 2.05) is 0 Å². The third-order valence-electron chi connectivity index (χ3n) is 3.54. The van der Waals surface area contributed by atoms with Gasteiger partial charge < -0.3 is 4.74 Å². The fraction of sp³-hybridized carbons (Fsp3) is 0.294. The third-order valence-corrected chi connectivity index (χ3v) is 4.60. The van der Waals surface area contributed by atoms with Crippen LogP contribution in [0.1, 0.15) is 32.6 Å². The third kappa shape index (κ3) is 2.55. The normalized spacial score (nSPS) is 14.9. The van der Waals surface area contributed by atoms with Crippen LogP contribution in [-0.2, 0) is 6.42 Å². The number of alkyl halides is 1. The molecule has 0 aliphatic carbocycles. The topological polar surface area (TPSA) is 9.23 Å². The molecule has 2 aromatic rings. The first kappa shape index (κ1) is 12.7. The van der Waals surface area contributed by atoms with E-state index >= 15 is 0 Å². The SMILES string of the molecule is Cc1cc(C)cc(C(Br)c2ccc3c(c2)CCO3)c1. The average molecular weight is 317 g/mol. The highest BCUT2D eigenvalue weighted by Gasteiger charge is 2.16. The van der Waals surface area contributed by atoms with Crippen molar-refractivity contribution in [2.75, 3.05) is 6.61 Å². The van der Waals surface area contributed by atoms with E-state index in [1.165, 1.54) is 27.8 Å². The zero-order chi connectivity index (χ0) is 13.4. The van der Waals surface area contributed by atoms with Gasteiger partial charge in [0.15, 0.2) is 0 Å². The van der Waals surface area contributed by atoms with Gasteiger partial charge in [0.1, 0.15) is 5.75 Å². The van der Waals surface area contributed by atoms with Gasteiger partial charge in [-0.3, -0.25) is 0 Å². The van der Waals surface area contributed by atoms with Crippen molar-refractivity contribution < 1.29 is 4.74 Å². The Labute approximate surface area is 122 Å². The van der Waals surface area contributed by atoms with Crippen LogP contribution in [0.5, 0.6) is 5.75 Å². The summed E-state index contributed by atoms with van der Waals surface area (Å²) in [7, 11) is 0. The fourth-order valence-electron chi connectivity index (χ4n) is 2.71. The van der Waals surface area contributed by atoms with Gasteiger partial charge in [0.2, 0.25) is 0 Å². The largest absolute Gasteiger partial charge is 0.493 e. The van der Waals surface area contributed by atoms with Crippen LogP contribution >= 0.6 is 15.9 Å². The van der Waals surface area contributed by atoms with Crippen LogP contribution in [0.4, 0.5) is 0 Å². The smallest absolute Gasteiger partial charge is 0.122 e. The second kappa shape index (κ2) is 5.01. The number of ether oxygens (including phenoxy) is 1. The van der Waals surface area contributed by atoms with Crippen LogP contribution in [0.2, 0.25) is 0 Å². The second-order valence-corrected chi connectivity index (χ2v) is 6.16. The highest BCUT2D eigenvalue weighted by Crippen LogP contribution is 2.35. The van der Waals surface area contributed by atoms with Crippen LogP contribution in [0.3, 0.4) is 0 Å². The summed E-state index contributed by atoms with van der Waals surface area (Å²) < 4.78 is 5.56. The van der Waals surface area contributed by atoms with Crippen molar-refractivity contribution in [3.8, 4) is 5.75 Å². The molecule has 0 radical (unpaired) electrons. The molecule has 1 aliphatic rings. The molecule has 3 rings (SSSR count). The lowest BCUT2D eigenvalue weighted by molar-refractivity contribution is 0.357. The Morgan fingerprint density at radius 1 is 1.00 bits per heavy atom. The predicted molar refractivity (Wildman–Crippen MR) is 82.3 cm³/mol. The van der Waals surface area contributed by atoms with Gasteiger partial charge in [0, 0.05) is 6.42 Å². The number of halogens is 1. The number of rotatable bonds is 2. The molecule has 98 valence electrons. The summed E-state index contributed by atoms with van der Waals surface area (Å²) in [4.78, 5) is 0.247. The molecule has 0 saturated heterocycles. The van der Waals surface area contributed by atoms with Crippen LogP contribution in [0.15, 0.2) is 36.4 Å². The van der Waals surface area contributed by atoms with Crippen molar-refractivity contribution in [3.05, 3.63) is 64.2 Å². The van der Waals surface area contributed by atoms with Crippen molar-refractivity contribution in [1.29, 1.82) is 0 Å². The maximum Gasteiger partial charge on any atom is 0.122 e. The lowest BCUT2D eigenvalue weighted by Gasteiger charge is -2.13. The number of aryl methyl sites for hydroxylation is 2. The Kier molecular flexibility index (Phi) is 3.36. The first-order valence-corrected chi connectivity index (χ1v) is 7.53. The Bertz CT molecular complexity index is 598. The minimum atomic E-state index is 0.247. The predicted octanol–water partition coefficient (Wildman–Crippen LogP) is 4.72. The zero-order valence-corrected chi connectivity index (χ0v) is 12.8. The maximum atomic E-state index is 5.56. The van der Waals surface area contributed by atoms with Gasteiger partial charge >= 0.3 is 0 Å². The van der Waals surface area contributed by atoms with Gasteiger partial charge in [0.25, 0.3) is 0 Å². The maximum absolute atomic E-state index is 5.56.